The van der Waals surface area contributed by atoms with Crippen molar-refractivity contribution in [3.63, 3.8) is 0 Å². The van der Waals surface area contributed by atoms with Gasteiger partial charge in [0.1, 0.15) is 0 Å². The number of piperidine rings is 1. The third-order valence-electron chi connectivity index (χ3n) is 3.74. The predicted molar refractivity (Wildman–Crippen MR) is 85.7 cm³/mol. The predicted octanol–water partition coefficient (Wildman–Crippen LogP) is 3.87. The molecule has 4 heteroatoms. The Kier molecular flexibility index (Phi) is 5.10. The molecule has 18 heavy (non-hydrogen) atoms. The number of rotatable bonds is 3. The summed E-state index contributed by atoms with van der Waals surface area (Å²) >= 11 is 7.15. The number of hydrogen-bond acceptors (Lipinski definition) is 2. The van der Waals surface area contributed by atoms with Gasteiger partial charge in [-0.05, 0) is 44.1 Å². The lowest BCUT2D eigenvalue weighted by Crippen LogP contribution is -2.45. The molecule has 1 aromatic rings. The van der Waals surface area contributed by atoms with Crippen molar-refractivity contribution in [1.82, 2.24) is 4.90 Å². The molecule has 1 atom stereocenters. The van der Waals surface area contributed by atoms with Gasteiger partial charge in [0, 0.05) is 35.1 Å². The van der Waals surface area contributed by atoms with Crippen LogP contribution in [0.15, 0.2) is 22.7 Å². The number of alkyl halides is 1. The molecule has 0 amide bonds. The minimum atomic E-state index is 0.630. The lowest BCUT2D eigenvalue weighted by molar-refractivity contribution is 0.248. The quantitative estimate of drug-likeness (QED) is 0.739. The fourth-order valence-electron chi connectivity index (χ4n) is 2.53. The Morgan fingerprint density at radius 1 is 1.44 bits per heavy atom. The van der Waals surface area contributed by atoms with Crippen LogP contribution in [-0.2, 0) is 5.33 Å². The van der Waals surface area contributed by atoms with E-state index in [0.29, 0.717) is 6.04 Å². The Morgan fingerprint density at radius 2 is 2.22 bits per heavy atom. The van der Waals surface area contributed by atoms with Gasteiger partial charge in [0.15, 0.2) is 0 Å². The Hall–Kier alpha value is -0.0600. The summed E-state index contributed by atoms with van der Waals surface area (Å²) in [7, 11) is 4.42. The third kappa shape index (κ3) is 3.28. The van der Waals surface area contributed by atoms with Crippen LogP contribution >= 0.6 is 31.9 Å². The van der Waals surface area contributed by atoms with Gasteiger partial charge in [0.05, 0.1) is 0 Å². The van der Waals surface area contributed by atoms with Crippen molar-refractivity contribution in [3.8, 4) is 0 Å². The molecule has 2 nitrogen and oxygen atoms in total. The SMILES string of the molecule is CN1CCCC(N(C)c2ccc(CBr)c(Br)c2)C1. The molecule has 1 aliphatic heterocycles. The molecule has 0 N–H and O–H groups in total. The van der Waals surface area contributed by atoms with Gasteiger partial charge in [-0.3, -0.25) is 0 Å². The molecule has 1 saturated heterocycles. The van der Waals surface area contributed by atoms with Crippen molar-refractivity contribution in [1.29, 1.82) is 0 Å². The van der Waals surface area contributed by atoms with Crippen LogP contribution in [0.3, 0.4) is 0 Å². The third-order valence-corrected chi connectivity index (χ3v) is 5.08. The number of hydrogen-bond donors (Lipinski definition) is 0. The van der Waals surface area contributed by atoms with Crippen LogP contribution in [0, 0.1) is 0 Å². The fourth-order valence-corrected chi connectivity index (χ4v) is 3.90. The zero-order valence-electron chi connectivity index (χ0n) is 11.0. The molecular formula is C14H20Br2N2. The Labute approximate surface area is 127 Å². The summed E-state index contributed by atoms with van der Waals surface area (Å²) in [6.45, 7) is 2.39. The average Bonchev–Trinajstić information content (AvgIpc) is 2.37. The molecule has 0 radical (unpaired) electrons. The molecule has 1 heterocycles. The molecule has 0 aliphatic carbocycles. The number of halogens is 2. The molecule has 100 valence electrons. The van der Waals surface area contributed by atoms with E-state index in [-0.39, 0.29) is 0 Å². The van der Waals surface area contributed by atoms with Crippen molar-refractivity contribution in [2.75, 3.05) is 32.1 Å². The molecule has 1 unspecified atom stereocenters. The molecule has 2 rings (SSSR count). The van der Waals surface area contributed by atoms with Gasteiger partial charge < -0.3 is 9.80 Å². The fraction of sp³-hybridized carbons (Fsp3) is 0.571. The van der Waals surface area contributed by atoms with Crippen LogP contribution in [0.1, 0.15) is 18.4 Å². The van der Waals surface area contributed by atoms with Crippen LogP contribution in [0.25, 0.3) is 0 Å². The summed E-state index contributed by atoms with van der Waals surface area (Å²) in [4.78, 5) is 4.84. The molecule has 1 aliphatic rings. The van der Waals surface area contributed by atoms with Gasteiger partial charge in [-0.25, -0.2) is 0 Å². The zero-order chi connectivity index (χ0) is 13.1. The van der Waals surface area contributed by atoms with Crippen LogP contribution in [0.2, 0.25) is 0 Å². The van der Waals surface area contributed by atoms with Gasteiger partial charge in [-0.15, -0.1) is 0 Å². The number of benzene rings is 1. The second-order valence-electron chi connectivity index (χ2n) is 5.08. The summed E-state index contributed by atoms with van der Waals surface area (Å²) in [5, 5.41) is 0.893. The highest BCUT2D eigenvalue weighted by Gasteiger charge is 2.21. The van der Waals surface area contributed by atoms with E-state index >= 15 is 0 Å². The van der Waals surface area contributed by atoms with E-state index in [4.69, 9.17) is 0 Å². The minimum absolute atomic E-state index is 0.630. The monoisotopic (exact) mass is 374 g/mol. The molecule has 1 aromatic carbocycles. The summed E-state index contributed by atoms with van der Waals surface area (Å²) < 4.78 is 1.19. The van der Waals surface area contributed by atoms with Gasteiger partial charge in [-0.2, -0.15) is 0 Å². The first-order valence-electron chi connectivity index (χ1n) is 6.37. The van der Waals surface area contributed by atoms with Gasteiger partial charge >= 0.3 is 0 Å². The highest BCUT2D eigenvalue weighted by atomic mass is 79.9. The van der Waals surface area contributed by atoms with E-state index in [1.54, 1.807) is 0 Å². The standard InChI is InChI=1S/C14H20Br2N2/c1-17-7-3-4-13(10-17)18(2)12-6-5-11(9-15)14(16)8-12/h5-6,8,13H,3-4,7,9-10H2,1-2H3. The molecule has 0 bridgehead atoms. The first-order chi connectivity index (χ1) is 8.61. The molecule has 0 spiro atoms. The highest BCUT2D eigenvalue weighted by Crippen LogP contribution is 2.27. The largest absolute Gasteiger partial charge is 0.370 e. The van der Waals surface area contributed by atoms with E-state index < -0.39 is 0 Å². The first-order valence-corrected chi connectivity index (χ1v) is 8.29. The number of anilines is 1. The lowest BCUT2D eigenvalue weighted by Gasteiger charge is -2.37. The topological polar surface area (TPSA) is 6.48 Å². The van der Waals surface area contributed by atoms with Crippen molar-refractivity contribution >= 4 is 37.5 Å². The maximum absolute atomic E-state index is 3.64. The second-order valence-corrected chi connectivity index (χ2v) is 6.49. The maximum Gasteiger partial charge on any atom is 0.0414 e. The smallest absolute Gasteiger partial charge is 0.0414 e. The highest BCUT2D eigenvalue weighted by molar-refractivity contribution is 9.10. The van der Waals surface area contributed by atoms with E-state index in [0.717, 1.165) is 11.9 Å². The molecule has 1 fully saturated rings. The summed E-state index contributed by atoms with van der Waals surface area (Å²) in [6, 6.07) is 7.27. The minimum Gasteiger partial charge on any atom is -0.370 e. The Morgan fingerprint density at radius 3 is 2.83 bits per heavy atom. The van der Waals surface area contributed by atoms with E-state index in [1.165, 1.54) is 35.1 Å². The van der Waals surface area contributed by atoms with Crippen LogP contribution in [0.4, 0.5) is 5.69 Å². The van der Waals surface area contributed by atoms with Gasteiger partial charge in [0.25, 0.3) is 0 Å². The summed E-state index contributed by atoms with van der Waals surface area (Å²) in [5.74, 6) is 0. The molecule has 0 aromatic heterocycles. The Balaban J connectivity index is 2.12. The van der Waals surface area contributed by atoms with Crippen molar-refractivity contribution in [2.45, 2.75) is 24.2 Å². The number of nitrogens with zero attached hydrogens (tertiary/aromatic N) is 2. The summed E-state index contributed by atoms with van der Waals surface area (Å²) in [5.41, 5.74) is 2.60. The Bertz CT molecular complexity index is 409. The van der Waals surface area contributed by atoms with Crippen LogP contribution in [-0.4, -0.2) is 38.1 Å². The van der Waals surface area contributed by atoms with Gasteiger partial charge in [-0.1, -0.05) is 37.9 Å². The normalized spacial score (nSPS) is 21.0. The summed E-state index contributed by atoms with van der Waals surface area (Å²) in [6.07, 6.45) is 2.59. The second kappa shape index (κ2) is 6.40. The van der Waals surface area contributed by atoms with Crippen LogP contribution in [0.5, 0.6) is 0 Å². The molecular weight excluding hydrogens is 356 g/mol. The first kappa shape index (κ1) is 14.4. The zero-order valence-corrected chi connectivity index (χ0v) is 14.2. The maximum atomic E-state index is 3.64. The van der Waals surface area contributed by atoms with E-state index in [1.807, 2.05) is 0 Å². The van der Waals surface area contributed by atoms with Crippen LogP contribution < -0.4 is 4.90 Å². The lowest BCUT2D eigenvalue weighted by atomic mass is 10.0. The number of likely N-dealkylation sites (N-methyl/N-ethyl adjacent to an activating group) is 2. The van der Waals surface area contributed by atoms with Crippen molar-refractivity contribution in [3.05, 3.63) is 28.2 Å². The molecule has 0 saturated carbocycles. The van der Waals surface area contributed by atoms with Gasteiger partial charge in [0.2, 0.25) is 0 Å². The van der Waals surface area contributed by atoms with E-state index in [9.17, 15) is 0 Å². The van der Waals surface area contributed by atoms with Crippen molar-refractivity contribution in [2.24, 2.45) is 0 Å². The average molecular weight is 376 g/mol. The number of likely N-dealkylation sites (tertiary alicyclic amines) is 1. The van der Waals surface area contributed by atoms with Crippen molar-refractivity contribution < 1.29 is 0 Å². The van der Waals surface area contributed by atoms with E-state index in [2.05, 4.69) is 74.0 Å².